The second kappa shape index (κ2) is 4.76. The summed E-state index contributed by atoms with van der Waals surface area (Å²) in [6.07, 6.45) is 0. The number of thiazole rings is 1. The van der Waals surface area contributed by atoms with Crippen molar-refractivity contribution in [1.82, 2.24) is 15.0 Å². The molecular formula is C10H11ClN4S. The van der Waals surface area contributed by atoms with Gasteiger partial charge in [-0.15, -0.1) is 11.3 Å². The molecule has 0 atom stereocenters. The van der Waals surface area contributed by atoms with Gasteiger partial charge in [0.15, 0.2) is 11.0 Å². The molecule has 0 aliphatic carbocycles. The second-order valence-electron chi connectivity index (χ2n) is 3.37. The van der Waals surface area contributed by atoms with Gasteiger partial charge in [0.2, 0.25) is 0 Å². The van der Waals surface area contributed by atoms with Crippen molar-refractivity contribution >= 4 is 28.8 Å². The number of nitrogens with zero attached hydrogens (tertiary/aromatic N) is 3. The van der Waals surface area contributed by atoms with Crippen molar-refractivity contribution in [2.45, 2.75) is 20.4 Å². The summed E-state index contributed by atoms with van der Waals surface area (Å²) in [5, 5.41) is 5.50. The predicted molar refractivity (Wildman–Crippen MR) is 66.0 cm³/mol. The Balaban J connectivity index is 2.12. The van der Waals surface area contributed by atoms with E-state index in [2.05, 4.69) is 20.3 Å². The van der Waals surface area contributed by atoms with Crippen LogP contribution in [0.2, 0.25) is 5.15 Å². The van der Waals surface area contributed by atoms with Crippen LogP contribution in [0.15, 0.2) is 10.9 Å². The van der Waals surface area contributed by atoms with E-state index in [1.54, 1.807) is 16.8 Å². The highest BCUT2D eigenvalue weighted by molar-refractivity contribution is 7.07. The van der Waals surface area contributed by atoms with Crippen LogP contribution in [0.1, 0.15) is 17.1 Å². The lowest BCUT2D eigenvalue weighted by atomic mass is 10.3. The minimum Gasteiger partial charge on any atom is -0.362 e. The van der Waals surface area contributed by atoms with Crippen molar-refractivity contribution in [3.05, 3.63) is 33.1 Å². The molecule has 0 bridgehead atoms. The third-order valence-corrected chi connectivity index (χ3v) is 3.08. The predicted octanol–water partition coefficient (Wildman–Crippen LogP) is 2.82. The van der Waals surface area contributed by atoms with Crippen LogP contribution in [0.25, 0.3) is 0 Å². The summed E-state index contributed by atoms with van der Waals surface area (Å²) in [4.78, 5) is 12.7. The first-order chi connectivity index (χ1) is 7.66. The number of nitrogens with one attached hydrogen (secondary N) is 1. The summed E-state index contributed by atoms with van der Waals surface area (Å²) in [5.74, 6) is 0.609. The number of hydrogen-bond acceptors (Lipinski definition) is 5. The van der Waals surface area contributed by atoms with E-state index in [1.165, 1.54) is 0 Å². The van der Waals surface area contributed by atoms with Gasteiger partial charge in [-0.1, -0.05) is 11.6 Å². The highest BCUT2D eigenvalue weighted by Gasteiger charge is 2.06. The van der Waals surface area contributed by atoms with Crippen molar-refractivity contribution in [3.63, 3.8) is 0 Å². The average molecular weight is 255 g/mol. The van der Waals surface area contributed by atoms with Crippen molar-refractivity contribution in [2.75, 3.05) is 5.32 Å². The first kappa shape index (κ1) is 11.3. The minimum absolute atomic E-state index is 0.401. The Morgan fingerprint density at radius 1 is 1.31 bits per heavy atom. The summed E-state index contributed by atoms with van der Waals surface area (Å²) < 4.78 is 0. The smallest absolute Gasteiger partial charge is 0.171 e. The number of aromatic nitrogens is 3. The zero-order valence-electron chi connectivity index (χ0n) is 8.99. The Hall–Kier alpha value is -1.20. The van der Waals surface area contributed by atoms with E-state index in [1.807, 2.05) is 19.2 Å². The number of halogens is 1. The Morgan fingerprint density at radius 2 is 2.06 bits per heavy atom. The molecule has 0 amide bonds. The fraction of sp³-hybridized carbons (Fsp3) is 0.300. The number of hydrogen-bond donors (Lipinski definition) is 1. The standard InChI is InChI=1S/C10H11ClN4S/c1-6-7(2)15-10(9(11)14-6)12-3-8-4-16-5-13-8/h4-5H,3H2,1-2H3,(H,12,15). The van der Waals surface area contributed by atoms with Crippen LogP contribution in [-0.2, 0) is 6.54 Å². The fourth-order valence-corrected chi connectivity index (χ4v) is 1.98. The molecule has 2 rings (SSSR count). The largest absolute Gasteiger partial charge is 0.362 e. The van der Waals surface area contributed by atoms with Gasteiger partial charge in [-0.05, 0) is 13.8 Å². The maximum atomic E-state index is 5.99. The Morgan fingerprint density at radius 3 is 2.75 bits per heavy atom. The minimum atomic E-state index is 0.401. The first-order valence-corrected chi connectivity index (χ1v) is 6.10. The third-order valence-electron chi connectivity index (χ3n) is 2.18. The first-order valence-electron chi connectivity index (χ1n) is 4.78. The zero-order valence-corrected chi connectivity index (χ0v) is 10.6. The maximum Gasteiger partial charge on any atom is 0.171 e. The molecule has 0 aromatic carbocycles. The molecule has 6 heteroatoms. The van der Waals surface area contributed by atoms with Gasteiger partial charge in [-0.3, -0.25) is 0 Å². The molecule has 2 aromatic heterocycles. The molecule has 0 saturated heterocycles. The van der Waals surface area contributed by atoms with Gasteiger partial charge in [0.25, 0.3) is 0 Å². The fourth-order valence-electron chi connectivity index (χ4n) is 1.19. The summed E-state index contributed by atoms with van der Waals surface area (Å²) in [6, 6.07) is 0. The van der Waals surface area contributed by atoms with Crippen molar-refractivity contribution in [1.29, 1.82) is 0 Å². The van der Waals surface area contributed by atoms with Crippen LogP contribution in [0, 0.1) is 13.8 Å². The molecule has 84 valence electrons. The summed E-state index contributed by atoms with van der Waals surface area (Å²) in [6.45, 7) is 4.41. The zero-order chi connectivity index (χ0) is 11.5. The topological polar surface area (TPSA) is 50.7 Å². The van der Waals surface area contributed by atoms with Crippen molar-refractivity contribution in [3.8, 4) is 0 Å². The van der Waals surface area contributed by atoms with Gasteiger partial charge < -0.3 is 5.32 Å². The van der Waals surface area contributed by atoms with Gasteiger partial charge in [0, 0.05) is 5.38 Å². The Kier molecular flexibility index (Phi) is 3.36. The van der Waals surface area contributed by atoms with Crippen LogP contribution < -0.4 is 5.32 Å². The SMILES string of the molecule is Cc1nc(Cl)c(NCc2cscn2)nc1C. The Bertz CT molecular complexity index is 484. The van der Waals surface area contributed by atoms with Gasteiger partial charge in [0.05, 0.1) is 29.1 Å². The second-order valence-corrected chi connectivity index (χ2v) is 4.44. The molecule has 0 fully saturated rings. The van der Waals surface area contributed by atoms with E-state index in [0.717, 1.165) is 17.1 Å². The van der Waals surface area contributed by atoms with Crippen LogP contribution in [0.4, 0.5) is 5.82 Å². The molecule has 0 unspecified atom stereocenters. The number of anilines is 1. The third kappa shape index (κ3) is 2.48. The van der Waals surface area contributed by atoms with E-state index in [-0.39, 0.29) is 0 Å². The molecule has 2 heterocycles. The Labute approximate surface area is 103 Å². The molecule has 0 radical (unpaired) electrons. The van der Waals surface area contributed by atoms with E-state index >= 15 is 0 Å². The van der Waals surface area contributed by atoms with E-state index in [4.69, 9.17) is 11.6 Å². The highest BCUT2D eigenvalue weighted by atomic mass is 35.5. The van der Waals surface area contributed by atoms with Gasteiger partial charge in [-0.2, -0.15) is 0 Å². The van der Waals surface area contributed by atoms with Gasteiger partial charge in [-0.25, -0.2) is 15.0 Å². The molecule has 4 nitrogen and oxygen atoms in total. The summed E-state index contributed by atoms with van der Waals surface area (Å²) in [7, 11) is 0. The van der Waals surface area contributed by atoms with Gasteiger partial charge in [0.1, 0.15) is 0 Å². The molecule has 0 spiro atoms. The van der Waals surface area contributed by atoms with Crippen LogP contribution in [0.5, 0.6) is 0 Å². The molecule has 2 aromatic rings. The monoisotopic (exact) mass is 254 g/mol. The summed E-state index contributed by atoms with van der Waals surface area (Å²) in [5.41, 5.74) is 4.50. The van der Waals surface area contributed by atoms with Gasteiger partial charge >= 0.3 is 0 Å². The molecule has 1 N–H and O–H groups in total. The van der Waals surface area contributed by atoms with Crippen LogP contribution in [0.3, 0.4) is 0 Å². The summed E-state index contributed by atoms with van der Waals surface area (Å²) >= 11 is 7.55. The molecule has 0 aliphatic rings. The highest BCUT2D eigenvalue weighted by Crippen LogP contribution is 2.19. The lowest BCUT2D eigenvalue weighted by Crippen LogP contribution is -2.05. The lowest BCUT2D eigenvalue weighted by Gasteiger charge is -2.07. The normalized spacial score (nSPS) is 10.4. The molecule has 16 heavy (non-hydrogen) atoms. The van der Waals surface area contributed by atoms with E-state index < -0.39 is 0 Å². The maximum absolute atomic E-state index is 5.99. The van der Waals surface area contributed by atoms with E-state index in [0.29, 0.717) is 17.5 Å². The van der Waals surface area contributed by atoms with Crippen molar-refractivity contribution in [2.24, 2.45) is 0 Å². The molecule has 0 aliphatic heterocycles. The average Bonchev–Trinajstić information content (AvgIpc) is 2.74. The van der Waals surface area contributed by atoms with Crippen LogP contribution >= 0.6 is 22.9 Å². The quantitative estimate of drug-likeness (QED) is 0.915. The van der Waals surface area contributed by atoms with Crippen molar-refractivity contribution < 1.29 is 0 Å². The number of rotatable bonds is 3. The number of aryl methyl sites for hydroxylation is 2. The molecular weight excluding hydrogens is 244 g/mol. The lowest BCUT2D eigenvalue weighted by molar-refractivity contribution is 1.000. The molecule has 0 saturated carbocycles. The van der Waals surface area contributed by atoms with Crippen LogP contribution in [-0.4, -0.2) is 15.0 Å². The van der Waals surface area contributed by atoms with E-state index in [9.17, 15) is 0 Å².